The molecule has 0 spiro atoms. The van der Waals surface area contributed by atoms with Gasteiger partial charge in [-0.2, -0.15) is 0 Å². The molecule has 3 aromatic heterocycles. The van der Waals surface area contributed by atoms with E-state index < -0.39 is 0 Å². The van der Waals surface area contributed by atoms with Crippen molar-refractivity contribution >= 4 is 22.6 Å². The third-order valence-electron chi connectivity index (χ3n) is 4.05. The second-order valence-corrected chi connectivity index (χ2v) is 6.34. The third kappa shape index (κ3) is 2.93. The summed E-state index contributed by atoms with van der Waals surface area (Å²) >= 11 is 0. The van der Waals surface area contributed by atoms with Crippen LogP contribution in [0.5, 0.6) is 0 Å². The number of nitrogens with zero attached hydrogens (tertiary/aromatic N) is 3. The van der Waals surface area contributed by atoms with E-state index in [0.717, 1.165) is 0 Å². The van der Waals surface area contributed by atoms with E-state index in [0.29, 0.717) is 35.7 Å². The van der Waals surface area contributed by atoms with E-state index >= 15 is 0 Å². The molecule has 0 unspecified atom stereocenters. The molecular weight excluding hydrogens is 318 g/mol. The molecular formula is C18H21N5O2. The Labute approximate surface area is 144 Å². The summed E-state index contributed by atoms with van der Waals surface area (Å²) in [5.41, 5.74) is 0.927. The van der Waals surface area contributed by atoms with Gasteiger partial charge < -0.3 is 9.88 Å². The Kier molecular flexibility index (Phi) is 4.39. The number of fused-ring (bicyclic) bond motifs is 2. The molecule has 0 saturated carbocycles. The van der Waals surface area contributed by atoms with Crippen molar-refractivity contribution in [2.75, 3.05) is 6.54 Å². The van der Waals surface area contributed by atoms with E-state index in [2.05, 4.69) is 10.3 Å². The minimum Gasteiger partial charge on any atom is -0.352 e. The van der Waals surface area contributed by atoms with Crippen LogP contribution >= 0.6 is 0 Å². The highest BCUT2D eigenvalue weighted by atomic mass is 16.1. The smallest absolute Gasteiger partial charge is 0.267 e. The molecule has 1 amide bonds. The van der Waals surface area contributed by atoms with Crippen LogP contribution in [-0.2, 0) is 6.54 Å². The van der Waals surface area contributed by atoms with Gasteiger partial charge in [0.15, 0.2) is 0 Å². The zero-order valence-corrected chi connectivity index (χ0v) is 14.5. The van der Waals surface area contributed by atoms with Crippen molar-refractivity contribution in [3.8, 4) is 0 Å². The van der Waals surface area contributed by atoms with Gasteiger partial charge in [0.1, 0.15) is 16.8 Å². The van der Waals surface area contributed by atoms with Gasteiger partial charge in [-0.25, -0.2) is 4.98 Å². The number of hydrogen-bond donors (Lipinski definition) is 2. The van der Waals surface area contributed by atoms with Gasteiger partial charge >= 0.3 is 0 Å². The summed E-state index contributed by atoms with van der Waals surface area (Å²) in [5.74, 6) is -0.0477. The minimum atomic E-state index is -0.347. The lowest BCUT2D eigenvalue weighted by Gasteiger charge is -2.13. The Bertz CT molecular complexity index is 1080. The van der Waals surface area contributed by atoms with Crippen LogP contribution < -0.4 is 16.4 Å². The van der Waals surface area contributed by atoms with Gasteiger partial charge in [-0.3, -0.25) is 19.4 Å². The number of hydrogen-bond acceptors (Lipinski definition) is 4. The average Bonchev–Trinajstić information content (AvgIpc) is 2.59. The molecule has 130 valence electrons. The largest absolute Gasteiger partial charge is 0.352 e. The van der Waals surface area contributed by atoms with Gasteiger partial charge in [0.05, 0.1) is 10.9 Å². The number of carbonyl (C=O) groups is 1. The van der Waals surface area contributed by atoms with Crippen molar-refractivity contribution in [2.24, 2.45) is 5.92 Å². The SMILES string of the molecule is CCn1c(=N)c(C(=O)NCC(C)C)cc2c(=O)n3ccccc3nc21. The lowest BCUT2D eigenvalue weighted by Crippen LogP contribution is -2.36. The first kappa shape index (κ1) is 16.9. The highest BCUT2D eigenvalue weighted by molar-refractivity contribution is 5.96. The second-order valence-electron chi connectivity index (χ2n) is 6.34. The molecule has 2 N–H and O–H groups in total. The first-order valence-electron chi connectivity index (χ1n) is 8.31. The van der Waals surface area contributed by atoms with Crippen LogP contribution in [0.4, 0.5) is 0 Å². The monoisotopic (exact) mass is 339 g/mol. The van der Waals surface area contributed by atoms with Crippen LogP contribution in [0, 0.1) is 11.3 Å². The zero-order chi connectivity index (χ0) is 18.1. The maximum absolute atomic E-state index is 12.8. The number of rotatable bonds is 4. The molecule has 0 aliphatic heterocycles. The molecule has 3 rings (SSSR count). The van der Waals surface area contributed by atoms with Crippen LogP contribution in [0.2, 0.25) is 0 Å². The van der Waals surface area contributed by atoms with Gasteiger partial charge in [-0.05, 0) is 31.0 Å². The summed E-state index contributed by atoms with van der Waals surface area (Å²) in [6, 6.07) is 6.78. The Morgan fingerprint density at radius 1 is 1.36 bits per heavy atom. The molecule has 0 saturated heterocycles. The second kappa shape index (κ2) is 6.51. The van der Waals surface area contributed by atoms with Crippen molar-refractivity contribution in [3.63, 3.8) is 0 Å². The normalized spacial score (nSPS) is 11.4. The van der Waals surface area contributed by atoms with Gasteiger partial charge in [0, 0.05) is 19.3 Å². The fourth-order valence-corrected chi connectivity index (χ4v) is 2.76. The number of nitrogens with one attached hydrogen (secondary N) is 2. The predicted molar refractivity (Wildman–Crippen MR) is 95.7 cm³/mol. The standard InChI is InChI=1S/C18H21N5O2/c1-4-22-15(19)12(17(24)20-10-11(2)3)9-13-16(22)21-14-7-5-6-8-23(14)18(13)25/h5-9,11,19H,4,10H2,1-3H3,(H,20,24). The van der Waals surface area contributed by atoms with Crippen LogP contribution in [0.1, 0.15) is 31.1 Å². The molecule has 0 radical (unpaired) electrons. The predicted octanol–water partition coefficient (Wildman–Crippen LogP) is 1.53. The van der Waals surface area contributed by atoms with Crippen molar-refractivity contribution in [1.29, 1.82) is 5.41 Å². The summed E-state index contributed by atoms with van der Waals surface area (Å²) < 4.78 is 3.04. The van der Waals surface area contributed by atoms with E-state index in [1.807, 2.05) is 20.8 Å². The first-order chi connectivity index (χ1) is 11.9. The quantitative estimate of drug-likeness (QED) is 0.706. The Balaban J connectivity index is 2.31. The van der Waals surface area contributed by atoms with Crippen LogP contribution in [0.25, 0.3) is 16.7 Å². The summed E-state index contributed by atoms with van der Waals surface area (Å²) in [6.45, 7) is 6.81. The molecule has 0 fully saturated rings. The number of aryl methyl sites for hydroxylation is 1. The van der Waals surface area contributed by atoms with Gasteiger partial charge in [-0.15, -0.1) is 0 Å². The first-order valence-corrected chi connectivity index (χ1v) is 8.31. The van der Waals surface area contributed by atoms with E-state index in [1.165, 1.54) is 10.5 Å². The van der Waals surface area contributed by atoms with Gasteiger partial charge in [-0.1, -0.05) is 19.9 Å². The molecule has 7 heteroatoms. The Hall–Kier alpha value is -2.96. The topological polar surface area (TPSA) is 92.2 Å². The Morgan fingerprint density at radius 3 is 2.80 bits per heavy atom. The summed E-state index contributed by atoms with van der Waals surface area (Å²) in [7, 11) is 0. The van der Waals surface area contributed by atoms with Crippen molar-refractivity contribution in [2.45, 2.75) is 27.3 Å². The highest BCUT2D eigenvalue weighted by Gasteiger charge is 2.16. The summed E-state index contributed by atoms with van der Waals surface area (Å²) in [6.07, 6.45) is 1.65. The molecule has 3 aromatic rings. The molecule has 0 aromatic carbocycles. The number of pyridine rings is 2. The molecule has 25 heavy (non-hydrogen) atoms. The maximum Gasteiger partial charge on any atom is 0.267 e. The lowest BCUT2D eigenvalue weighted by atomic mass is 10.1. The summed E-state index contributed by atoms with van der Waals surface area (Å²) in [5, 5.41) is 11.5. The number of carbonyl (C=O) groups excluding carboxylic acids is 1. The molecule has 0 bridgehead atoms. The fraction of sp³-hybridized carbons (Fsp3) is 0.333. The molecule has 0 atom stereocenters. The van der Waals surface area contributed by atoms with E-state index in [-0.39, 0.29) is 22.5 Å². The van der Waals surface area contributed by atoms with Crippen LogP contribution in [0.3, 0.4) is 0 Å². The lowest BCUT2D eigenvalue weighted by molar-refractivity contribution is 0.0946. The molecule has 3 heterocycles. The number of aromatic nitrogens is 3. The maximum atomic E-state index is 12.8. The van der Waals surface area contributed by atoms with Crippen LogP contribution in [0.15, 0.2) is 35.3 Å². The van der Waals surface area contributed by atoms with Crippen molar-refractivity contribution in [3.05, 3.63) is 51.9 Å². The van der Waals surface area contributed by atoms with Gasteiger partial charge in [0.25, 0.3) is 11.5 Å². The fourth-order valence-electron chi connectivity index (χ4n) is 2.76. The van der Waals surface area contributed by atoms with Crippen molar-refractivity contribution in [1.82, 2.24) is 19.3 Å². The van der Waals surface area contributed by atoms with Crippen LogP contribution in [-0.4, -0.2) is 26.4 Å². The number of amides is 1. The Morgan fingerprint density at radius 2 is 2.12 bits per heavy atom. The molecule has 0 aliphatic rings. The highest BCUT2D eigenvalue weighted by Crippen LogP contribution is 2.10. The molecule has 0 aliphatic carbocycles. The van der Waals surface area contributed by atoms with E-state index in [1.54, 1.807) is 29.0 Å². The zero-order valence-electron chi connectivity index (χ0n) is 14.5. The van der Waals surface area contributed by atoms with E-state index in [4.69, 9.17) is 5.41 Å². The average molecular weight is 339 g/mol. The van der Waals surface area contributed by atoms with E-state index in [9.17, 15) is 9.59 Å². The summed E-state index contributed by atoms with van der Waals surface area (Å²) in [4.78, 5) is 29.8. The minimum absolute atomic E-state index is 0.0587. The van der Waals surface area contributed by atoms with Gasteiger partial charge in [0.2, 0.25) is 0 Å². The molecule has 7 nitrogen and oxygen atoms in total. The van der Waals surface area contributed by atoms with Crippen molar-refractivity contribution < 1.29 is 4.79 Å². The third-order valence-corrected chi connectivity index (χ3v) is 4.05.